The van der Waals surface area contributed by atoms with E-state index in [1.54, 1.807) is 0 Å². The summed E-state index contributed by atoms with van der Waals surface area (Å²) in [5.74, 6) is -0.399. The Hall–Kier alpha value is -2.07. The van der Waals surface area contributed by atoms with Crippen molar-refractivity contribution in [2.45, 2.75) is 24.6 Å². The van der Waals surface area contributed by atoms with E-state index in [2.05, 4.69) is 0 Å². The normalized spacial score (nSPS) is 18.1. The minimum Gasteiger partial charge on any atom is -0.380 e. The maximum atomic E-state index is 12.7. The number of nitriles is 1. The largest absolute Gasteiger partial charge is 0.417 e. The molecule has 0 spiro atoms. The van der Waals surface area contributed by atoms with Crippen molar-refractivity contribution in [2.24, 2.45) is 0 Å². The Morgan fingerprint density at radius 2 is 1.76 bits per heavy atom. The average molecular weight is 298 g/mol. The Kier molecular flexibility index (Phi) is 3.92. The first-order valence-corrected chi connectivity index (χ1v) is 6.35. The molecule has 0 saturated carbocycles. The van der Waals surface area contributed by atoms with Gasteiger partial charge in [-0.2, -0.15) is 18.4 Å². The monoisotopic (exact) mass is 298 g/mol. The molecule has 7 heteroatoms. The summed E-state index contributed by atoms with van der Waals surface area (Å²) >= 11 is 0. The van der Waals surface area contributed by atoms with Gasteiger partial charge >= 0.3 is 6.18 Å². The van der Waals surface area contributed by atoms with Crippen molar-refractivity contribution in [3.8, 4) is 6.07 Å². The number of alkyl halides is 3. The topological polar surface area (TPSA) is 64.3 Å². The third-order valence-corrected chi connectivity index (χ3v) is 3.67. The summed E-state index contributed by atoms with van der Waals surface area (Å²) in [6.45, 7) is -0.316. The minimum atomic E-state index is -4.68. The van der Waals surface area contributed by atoms with Gasteiger partial charge in [-0.3, -0.25) is 4.79 Å². The van der Waals surface area contributed by atoms with Gasteiger partial charge < -0.3 is 10.0 Å². The first-order chi connectivity index (χ1) is 9.77. The standard InChI is InChI=1S/C14H13F3N2O2/c15-14(16,17)13(21)5-7-19(8-6-13)12(20)11-3-1-10(9-18)2-4-11/h1-4,21H,5-8H2. The molecule has 0 radical (unpaired) electrons. The summed E-state index contributed by atoms with van der Waals surface area (Å²) < 4.78 is 38.0. The van der Waals surface area contributed by atoms with Crippen molar-refractivity contribution in [3.05, 3.63) is 35.4 Å². The zero-order valence-corrected chi connectivity index (χ0v) is 11.0. The van der Waals surface area contributed by atoms with Gasteiger partial charge in [-0.15, -0.1) is 0 Å². The molecule has 112 valence electrons. The van der Waals surface area contributed by atoms with Crippen LogP contribution in [0.4, 0.5) is 13.2 Å². The Labute approximate surface area is 119 Å². The van der Waals surface area contributed by atoms with E-state index in [1.807, 2.05) is 6.07 Å². The molecule has 0 atom stereocenters. The highest BCUT2D eigenvalue weighted by Gasteiger charge is 2.54. The lowest BCUT2D eigenvalue weighted by atomic mass is 9.90. The zero-order chi connectivity index (χ0) is 15.7. The predicted octanol–water partition coefficient (Wildman–Crippen LogP) is 2.09. The molecule has 0 aromatic heterocycles. The van der Waals surface area contributed by atoms with E-state index in [-0.39, 0.29) is 13.1 Å². The molecule has 1 fully saturated rings. The van der Waals surface area contributed by atoms with E-state index in [0.717, 1.165) is 0 Å². The van der Waals surface area contributed by atoms with Gasteiger partial charge in [-0.25, -0.2) is 0 Å². The number of rotatable bonds is 1. The molecular weight excluding hydrogens is 285 g/mol. The summed E-state index contributed by atoms with van der Waals surface area (Å²) in [5, 5.41) is 18.2. The van der Waals surface area contributed by atoms with E-state index in [4.69, 9.17) is 5.26 Å². The van der Waals surface area contributed by atoms with Crippen LogP contribution in [-0.2, 0) is 0 Å². The molecular formula is C14H13F3N2O2. The van der Waals surface area contributed by atoms with Crippen molar-refractivity contribution in [1.29, 1.82) is 5.26 Å². The first-order valence-electron chi connectivity index (χ1n) is 6.35. The lowest BCUT2D eigenvalue weighted by Crippen LogP contribution is -2.54. The fourth-order valence-electron chi connectivity index (χ4n) is 2.23. The van der Waals surface area contributed by atoms with Gasteiger partial charge in [0.1, 0.15) is 0 Å². The molecule has 21 heavy (non-hydrogen) atoms. The molecule has 1 aromatic rings. The van der Waals surface area contributed by atoms with Crippen molar-refractivity contribution >= 4 is 5.91 Å². The minimum absolute atomic E-state index is 0.158. The Bertz CT molecular complexity index is 567. The smallest absolute Gasteiger partial charge is 0.380 e. The fourth-order valence-corrected chi connectivity index (χ4v) is 2.23. The van der Waals surface area contributed by atoms with E-state index in [0.29, 0.717) is 11.1 Å². The van der Waals surface area contributed by atoms with Crippen LogP contribution in [0.1, 0.15) is 28.8 Å². The number of hydrogen-bond acceptors (Lipinski definition) is 3. The number of carbonyl (C=O) groups excluding carboxylic acids is 1. The van der Waals surface area contributed by atoms with Crippen LogP contribution in [0.3, 0.4) is 0 Å². The van der Waals surface area contributed by atoms with Gasteiger partial charge in [0.25, 0.3) is 5.91 Å². The molecule has 4 nitrogen and oxygen atoms in total. The Morgan fingerprint density at radius 1 is 1.24 bits per heavy atom. The number of aliphatic hydroxyl groups is 1. The summed E-state index contributed by atoms with van der Waals surface area (Å²) in [7, 11) is 0. The zero-order valence-electron chi connectivity index (χ0n) is 11.0. The van der Waals surface area contributed by atoms with Crippen LogP contribution in [0.25, 0.3) is 0 Å². The van der Waals surface area contributed by atoms with Crippen molar-refractivity contribution < 1.29 is 23.1 Å². The maximum Gasteiger partial charge on any atom is 0.417 e. The maximum absolute atomic E-state index is 12.7. The molecule has 1 amide bonds. The van der Waals surface area contributed by atoms with Crippen LogP contribution in [0.5, 0.6) is 0 Å². The molecule has 0 unspecified atom stereocenters. The fraction of sp³-hybridized carbons (Fsp3) is 0.429. The highest BCUT2D eigenvalue weighted by molar-refractivity contribution is 5.94. The van der Waals surface area contributed by atoms with Crippen molar-refractivity contribution in [2.75, 3.05) is 13.1 Å². The second kappa shape index (κ2) is 5.37. The molecule has 1 heterocycles. The lowest BCUT2D eigenvalue weighted by molar-refractivity contribution is -0.271. The third-order valence-electron chi connectivity index (χ3n) is 3.67. The summed E-state index contributed by atoms with van der Waals surface area (Å²) in [5.41, 5.74) is -2.00. The lowest BCUT2D eigenvalue weighted by Gasteiger charge is -2.39. The van der Waals surface area contributed by atoms with Crippen LogP contribution in [0.15, 0.2) is 24.3 Å². The van der Waals surface area contributed by atoms with E-state index in [1.165, 1.54) is 29.2 Å². The number of nitrogens with zero attached hydrogens (tertiary/aromatic N) is 2. The number of carbonyl (C=O) groups is 1. The van der Waals surface area contributed by atoms with Crippen molar-refractivity contribution in [3.63, 3.8) is 0 Å². The van der Waals surface area contributed by atoms with Crippen LogP contribution in [0.2, 0.25) is 0 Å². The first kappa shape index (κ1) is 15.3. The highest BCUT2D eigenvalue weighted by atomic mass is 19.4. The number of benzene rings is 1. The number of piperidine rings is 1. The quantitative estimate of drug-likeness (QED) is 0.863. The molecule has 1 N–H and O–H groups in total. The van der Waals surface area contributed by atoms with Crippen LogP contribution >= 0.6 is 0 Å². The highest BCUT2D eigenvalue weighted by Crippen LogP contribution is 2.38. The van der Waals surface area contributed by atoms with Crippen LogP contribution in [0, 0.1) is 11.3 Å². The van der Waals surface area contributed by atoms with Gasteiger partial charge in [-0.05, 0) is 24.3 Å². The third kappa shape index (κ3) is 3.00. The molecule has 1 aliphatic rings. The predicted molar refractivity (Wildman–Crippen MR) is 67.3 cm³/mol. The van der Waals surface area contributed by atoms with Crippen LogP contribution < -0.4 is 0 Å². The summed E-state index contributed by atoms with van der Waals surface area (Å²) in [6, 6.07) is 7.80. The van der Waals surface area contributed by atoms with Gasteiger partial charge in [0.2, 0.25) is 0 Å². The van der Waals surface area contributed by atoms with Gasteiger partial charge in [0.05, 0.1) is 11.6 Å². The summed E-state index contributed by atoms with van der Waals surface area (Å²) in [4.78, 5) is 13.4. The van der Waals surface area contributed by atoms with Crippen molar-refractivity contribution in [1.82, 2.24) is 4.90 Å². The average Bonchev–Trinajstić information content (AvgIpc) is 2.46. The molecule has 1 aromatic carbocycles. The van der Waals surface area contributed by atoms with Gasteiger partial charge in [0, 0.05) is 31.5 Å². The van der Waals surface area contributed by atoms with E-state index in [9.17, 15) is 23.1 Å². The molecule has 1 aliphatic heterocycles. The molecule has 0 aliphatic carbocycles. The number of halogens is 3. The second-order valence-corrected chi connectivity index (χ2v) is 5.01. The molecule has 1 saturated heterocycles. The SMILES string of the molecule is N#Cc1ccc(C(=O)N2CCC(O)(C(F)(F)F)CC2)cc1. The second-order valence-electron chi connectivity index (χ2n) is 5.01. The number of amides is 1. The summed E-state index contributed by atoms with van der Waals surface area (Å²) in [6.07, 6.45) is -5.74. The number of likely N-dealkylation sites (tertiary alicyclic amines) is 1. The Balaban J connectivity index is 2.05. The van der Waals surface area contributed by atoms with Gasteiger partial charge in [-0.1, -0.05) is 0 Å². The van der Waals surface area contributed by atoms with E-state index >= 15 is 0 Å². The van der Waals surface area contributed by atoms with Crippen LogP contribution in [-0.4, -0.2) is 40.8 Å². The Morgan fingerprint density at radius 3 is 2.19 bits per heavy atom. The van der Waals surface area contributed by atoms with Gasteiger partial charge in [0.15, 0.2) is 5.60 Å². The molecule has 2 rings (SSSR count). The molecule has 0 bridgehead atoms. The van der Waals surface area contributed by atoms with E-state index < -0.39 is 30.5 Å². The number of hydrogen-bond donors (Lipinski definition) is 1.